The molecule has 11 nitrogen and oxygen atoms in total. The summed E-state index contributed by atoms with van der Waals surface area (Å²) in [6.45, 7) is 6.19. The summed E-state index contributed by atoms with van der Waals surface area (Å²) in [5.41, 5.74) is 0. The highest BCUT2D eigenvalue weighted by Gasteiger charge is 2.59. The van der Waals surface area contributed by atoms with Crippen LogP contribution in [0.15, 0.2) is 0 Å². The topological polar surface area (TPSA) is 135 Å². The van der Waals surface area contributed by atoms with Crippen molar-refractivity contribution in [3.8, 4) is 0 Å². The number of carbonyl (C=O) groups is 5. The van der Waals surface area contributed by atoms with Crippen LogP contribution in [0.2, 0.25) is 0 Å². The minimum absolute atomic E-state index is 0.0927. The molecule has 2 aliphatic heterocycles. The molecule has 0 saturated carbocycles. The molecule has 0 amide bonds. The third kappa shape index (κ3) is 5.66. The van der Waals surface area contributed by atoms with Gasteiger partial charge in [-0.1, -0.05) is 0 Å². The number of esters is 5. The molecule has 0 radical (unpaired) electrons. The highest BCUT2D eigenvalue weighted by molar-refractivity contribution is 5.69. The van der Waals surface area contributed by atoms with Crippen molar-refractivity contribution in [2.75, 3.05) is 13.1 Å². The van der Waals surface area contributed by atoms with Gasteiger partial charge >= 0.3 is 29.8 Å². The van der Waals surface area contributed by atoms with Crippen LogP contribution in [0.1, 0.15) is 34.6 Å². The van der Waals surface area contributed by atoms with Gasteiger partial charge in [0.15, 0.2) is 30.5 Å². The van der Waals surface area contributed by atoms with Gasteiger partial charge in [0, 0.05) is 47.7 Å². The van der Waals surface area contributed by atoms with E-state index in [0.717, 1.165) is 0 Å². The zero-order valence-corrected chi connectivity index (χ0v) is 16.9. The summed E-state index contributed by atoms with van der Waals surface area (Å²) in [5, 5.41) is 0. The number of rotatable bonds is 5. The van der Waals surface area contributed by atoms with Crippen LogP contribution in [-0.4, -0.2) is 84.4 Å². The second-order valence-electron chi connectivity index (χ2n) is 6.96. The first kappa shape index (κ1) is 22.6. The van der Waals surface area contributed by atoms with Gasteiger partial charge in [-0.05, 0) is 0 Å². The second-order valence-corrected chi connectivity index (χ2v) is 6.96. The Bertz CT molecular complexity index is 692. The van der Waals surface area contributed by atoms with Crippen LogP contribution in [-0.2, 0) is 47.7 Å². The normalized spacial score (nSPS) is 31.2. The molecule has 2 fully saturated rings. The molecule has 0 unspecified atom stereocenters. The lowest BCUT2D eigenvalue weighted by Gasteiger charge is -2.44. The van der Waals surface area contributed by atoms with E-state index >= 15 is 0 Å². The van der Waals surface area contributed by atoms with Crippen LogP contribution in [0.4, 0.5) is 0 Å². The zero-order chi connectivity index (χ0) is 21.9. The molecule has 0 aliphatic carbocycles. The molecule has 0 aromatic carbocycles. The molecule has 11 heteroatoms. The third-order valence-electron chi connectivity index (χ3n) is 4.52. The Labute approximate surface area is 167 Å². The lowest BCUT2D eigenvalue weighted by atomic mass is 9.91. The summed E-state index contributed by atoms with van der Waals surface area (Å²) in [7, 11) is 0. The predicted octanol–water partition coefficient (Wildman–Crippen LogP) is -0.657. The maximum Gasteiger partial charge on any atom is 0.303 e. The Balaban J connectivity index is 2.46. The monoisotopic (exact) mass is 415 g/mol. The van der Waals surface area contributed by atoms with Crippen molar-refractivity contribution in [3.05, 3.63) is 0 Å². The van der Waals surface area contributed by atoms with Crippen LogP contribution in [0.5, 0.6) is 0 Å². The SMILES string of the molecule is CC(=O)O[C@H]1[C@H](OC(C)=O)[C@@H](OC(C)=O)CN2C[C@H](OC(C)=O)[C@@H](OC(C)=O)[C@@H]12. The van der Waals surface area contributed by atoms with Crippen LogP contribution in [0.3, 0.4) is 0 Å². The second kappa shape index (κ2) is 9.21. The van der Waals surface area contributed by atoms with Crippen molar-refractivity contribution < 1.29 is 47.7 Å². The minimum Gasteiger partial charge on any atom is -0.457 e. The van der Waals surface area contributed by atoms with E-state index in [1.807, 2.05) is 0 Å². The standard InChI is InChI=1S/C18H25NO10/c1-8(20)25-13-6-19-7-14(26-9(2)21)17(28-11(4)23)18(29-12(5)24)15(19)16(13)27-10(3)22/h13-18H,6-7H2,1-5H3/t13-,14-,15-,16+,17+,18+/m0/s1. The van der Waals surface area contributed by atoms with E-state index in [1.54, 1.807) is 4.90 Å². The maximum absolute atomic E-state index is 11.8. The first-order valence-electron chi connectivity index (χ1n) is 9.09. The smallest absolute Gasteiger partial charge is 0.303 e. The molecule has 0 bridgehead atoms. The van der Waals surface area contributed by atoms with E-state index in [-0.39, 0.29) is 13.1 Å². The lowest BCUT2D eigenvalue weighted by molar-refractivity contribution is -0.207. The van der Waals surface area contributed by atoms with E-state index in [4.69, 9.17) is 23.7 Å². The molecular weight excluding hydrogens is 390 g/mol. The highest BCUT2D eigenvalue weighted by Crippen LogP contribution is 2.36. The lowest BCUT2D eigenvalue weighted by Crippen LogP contribution is -2.64. The molecule has 0 N–H and O–H groups in total. The summed E-state index contributed by atoms with van der Waals surface area (Å²) in [6.07, 6.45) is -5.01. The fourth-order valence-corrected chi connectivity index (χ4v) is 3.85. The quantitative estimate of drug-likeness (QED) is 0.418. The Hall–Kier alpha value is -2.69. The van der Waals surface area contributed by atoms with Crippen molar-refractivity contribution in [3.63, 3.8) is 0 Å². The molecule has 2 saturated heterocycles. The van der Waals surface area contributed by atoms with Gasteiger partial charge in [0.2, 0.25) is 0 Å². The van der Waals surface area contributed by atoms with Gasteiger partial charge in [-0.2, -0.15) is 0 Å². The molecule has 29 heavy (non-hydrogen) atoms. The molecule has 2 aliphatic rings. The van der Waals surface area contributed by atoms with Crippen LogP contribution >= 0.6 is 0 Å². The molecule has 0 aromatic heterocycles. The summed E-state index contributed by atoms with van der Waals surface area (Å²) >= 11 is 0. The molecular formula is C18H25NO10. The van der Waals surface area contributed by atoms with Crippen molar-refractivity contribution in [2.45, 2.75) is 71.2 Å². The number of ether oxygens (including phenoxy) is 5. The Morgan fingerprint density at radius 3 is 1.31 bits per heavy atom. The van der Waals surface area contributed by atoms with Crippen molar-refractivity contribution in [1.82, 2.24) is 4.90 Å². The number of piperidine rings is 1. The van der Waals surface area contributed by atoms with E-state index in [2.05, 4.69) is 0 Å². The van der Waals surface area contributed by atoms with Crippen LogP contribution in [0, 0.1) is 0 Å². The minimum atomic E-state index is -1.13. The molecule has 0 aromatic rings. The van der Waals surface area contributed by atoms with Gasteiger partial charge < -0.3 is 23.7 Å². The average Bonchev–Trinajstić information content (AvgIpc) is 2.85. The molecule has 6 atom stereocenters. The summed E-state index contributed by atoms with van der Waals surface area (Å²) in [5.74, 6) is -3.16. The summed E-state index contributed by atoms with van der Waals surface area (Å²) in [4.78, 5) is 59.9. The summed E-state index contributed by atoms with van der Waals surface area (Å²) in [6, 6.07) is -0.775. The van der Waals surface area contributed by atoms with Gasteiger partial charge in [0.25, 0.3) is 0 Å². The number of carbonyl (C=O) groups excluding carboxylic acids is 5. The molecule has 2 rings (SSSR count). The first-order valence-corrected chi connectivity index (χ1v) is 9.09. The van der Waals surface area contributed by atoms with E-state index in [9.17, 15) is 24.0 Å². The third-order valence-corrected chi connectivity index (χ3v) is 4.52. The van der Waals surface area contributed by atoms with Crippen molar-refractivity contribution >= 4 is 29.8 Å². The van der Waals surface area contributed by atoms with E-state index in [1.165, 1.54) is 34.6 Å². The Kier molecular flexibility index (Phi) is 7.17. The van der Waals surface area contributed by atoms with Gasteiger partial charge in [0.1, 0.15) is 0 Å². The maximum atomic E-state index is 11.8. The van der Waals surface area contributed by atoms with Gasteiger partial charge in [-0.25, -0.2) is 0 Å². The fourth-order valence-electron chi connectivity index (χ4n) is 3.85. The van der Waals surface area contributed by atoms with Crippen LogP contribution < -0.4 is 0 Å². The summed E-state index contributed by atoms with van der Waals surface area (Å²) < 4.78 is 26.7. The van der Waals surface area contributed by atoms with Gasteiger partial charge in [-0.15, -0.1) is 0 Å². The van der Waals surface area contributed by atoms with Crippen molar-refractivity contribution in [1.29, 1.82) is 0 Å². The number of fused-ring (bicyclic) bond motifs is 1. The Morgan fingerprint density at radius 1 is 0.552 bits per heavy atom. The largest absolute Gasteiger partial charge is 0.457 e. The molecule has 162 valence electrons. The van der Waals surface area contributed by atoms with Gasteiger partial charge in [0.05, 0.1) is 6.04 Å². The number of nitrogens with zero attached hydrogens (tertiary/aromatic N) is 1. The average molecular weight is 415 g/mol. The van der Waals surface area contributed by atoms with Crippen molar-refractivity contribution in [2.24, 2.45) is 0 Å². The fraction of sp³-hybridized carbons (Fsp3) is 0.722. The van der Waals surface area contributed by atoms with Crippen LogP contribution in [0.25, 0.3) is 0 Å². The van der Waals surface area contributed by atoms with Gasteiger partial charge in [-0.3, -0.25) is 28.9 Å². The Morgan fingerprint density at radius 2 is 0.897 bits per heavy atom. The van der Waals surface area contributed by atoms with E-state index in [0.29, 0.717) is 0 Å². The zero-order valence-electron chi connectivity index (χ0n) is 16.9. The van der Waals surface area contributed by atoms with E-state index < -0.39 is 66.4 Å². The first-order chi connectivity index (χ1) is 13.5. The predicted molar refractivity (Wildman–Crippen MR) is 93.1 cm³/mol. The highest BCUT2D eigenvalue weighted by atomic mass is 16.6. The molecule has 0 spiro atoms. The number of hydrogen-bond acceptors (Lipinski definition) is 11. The molecule has 2 heterocycles. The number of hydrogen-bond donors (Lipinski definition) is 0.